The molecule has 6 amide bonds. The highest BCUT2D eigenvalue weighted by atomic mass is 16.6. The van der Waals surface area contributed by atoms with Gasteiger partial charge in [0.25, 0.3) is 0 Å². The molecule has 6 N–H and O–H groups in total. The van der Waals surface area contributed by atoms with Gasteiger partial charge in [-0.2, -0.15) is 0 Å². The highest BCUT2D eigenvalue weighted by Gasteiger charge is 2.31. The van der Waals surface area contributed by atoms with Gasteiger partial charge in [0.05, 0.1) is 0 Å². The van der Waals surface area contributed by atoms with Crippen LogP contribution >= 0.6 is 0 Å². The van der Waals surface area contributed by atoms with E-state index in [0.717, 1.165) is 6.42 Å². The minimum absolute atomic E-state index is 0.384. The molecule has 0 aromatic carbocycles. The molecular formula is C16H30N4O6. The molecule has 0 aliphatic rings. The van der Waals surface area contributed by atoms with Crippen molar-refractivity contribution in [1.29, 1.82) is 0 Å². The largest absolute Gasteiger partial charge is 0.446 e. The second kappa shape index (κ2) is 11.9. The summed E-state index contributed by atoms with van der Waals surface area (Å²) >= 11 is 0. The normalized spacial score (nSPS) is 12.0. The lowest BCUT2D eigenvalue weighted by atomic mass is 9.89. The highest BCUT2D eigenvalue weighted by molar-refractivity contribution is 5.90. The van der Waals surface area contributed by atoms with E-state index in [9.17, 15) is 19.2 Å². The quantitative estimate of drug-likeness (QED) is 0.459. The summed E-state index contributed by atoms with van der Waals surface area (Å²) in [5.74, 6) is 0. The van der Waals surface area contributed by atoms with Gasteiger partial charge in [-0.1, -0.05) is 27.2 Å². The van der Waals surface area contributed by atoms with Crippen LogP contribution in [-0.2, 0) is 9.47 Å². The molecule has 0 saturated heterocycles. The van der Waals surface area contributed by atoms with E-state index in [1.165, 1.54) is 0 Å². The molecule has 26 heavy (non-hydrogen) atoms. The van der Waals surface area contributed by atoms with E-state index in [1.807, 2.05) is 31.4 Å². The van der Waals surface area contributed by atoms with Crippen LogP contribution in [0.1, 0.15) is 65.7 Å². The molecule has 10 heteroatoms. The Bertz CT molecular complexity index is 493. The summed E-state index contributed by atoms with van der Waals surface area (Å²) < 4.78 is 10.6. The molecule has 0 radical (unpaired) electrons. The van der Waals surface area contributed by atoms with E-state index in [0.29, 0.717) is 38.5 Å². The zero-order chi connectivity index (χ0) is 20.2. The molecule has 1 unspecified atom stereocenters. The molecule has 10 nitrogen and oxygen atoms in total. The zero-order valence-electron chi connectivity index (χ0n) is 15.6. The van der Waals surface area contributed by atoms with Crippen LogP contribution < -0.4 is 22.1 Å². The van der Waals surface area contributed by atoms with Gasteiger partial charge in [0.15, 0.2) is 0 Å². The number of alkyl carbamates (subject to hydrolysis) is 2. The number of hydrogen-bond acceptors (Lipinski definition) is 6. The predicted octanol–water partition coefficient (Wildman–Crippen LogP) is 2.49. The van der Waals surface area contributed by atoms with Gasteiger partial charge in [-0.3, -0.25) is 0 Å². The summed E-state index contributed by atoms with van der Waals surface area (Å²) in [5.41, 5.74) is 9.05. The Labute approximate surface area is 153 Å². The van der Waals surface area contributed by atoms with Crippen molar-refractivity contribution >= 4 is 24.2 Å². The van der Waals surface area contributed by atoms with Crippen LogP contribution in [0.2, 0.25) is 0 Å². The summed E-state index contributed by atoms with van der Waals surface area (Å²) in [7, 11) is 0. The Morgan fingerprint density at radius 2 is 1.46 bits per heavy atom. The number of carbonyl (C=O) groups excluding carboxylic acids is 4. The van der Waals surface area contributed by atoms with Crippen LogP contribution in [0.15, 0.2) is 0 Å². The summed E-state index contributed by atoms with van der Waals surface area (Å²) in [6.45, 7) is 5.70. The third-order valence-corrected chi connectivity index (χ3v) is 4.09. The molecule has 0 aliphatic heterocycles. The smallest absolute Gasteiger partial charge is 0.415 e. The van der Waals surface area contributed by atoms with Gasteiger partial charge in [0.1, 0.15) is 11.7 Å². The van der Waals surface area contributed by atoms with Crippen molar-refractivity contribution in [3.05, 3.63) is 0 Å². The molecule has 150 valence electrons. The molecule has 0 spiro atoms. The molecular weight excluding hydrogens is 344 g/mol. The number of carbonyl (C=O) groups is 4. The minimum atomic E-state index is -0.979. The Morgan fingerprint density at radius 1 is 0.923 bits per heavy atom. The SMILES string of the molecule is CCCC(CCCC(CC)(CC)OC(=O)NC(N)=O)OC(=O)NC(N)=O. The molecule has 0 aromatic heterocycles. The van der Waals surface area contributed by atoms with E-state index in [1.54, 1.807) is 0 Å². The van der Waals surface area contributed by atoms with Crippen molar-refractivity contribution in [2.45, 2.75) is 77.4 Å². The van der Waals surface area contributed by atoms with E-state index < -0.39 is 29.8 Å². The number of urea groups is 2. The van der Waals surface area contributed by atoms with Gasteiger partial charge in [0, 0.05) is 0 Å². The monoisotopic (exact) mass is 374 g/mol. The number of primary amides is 2. The second-order valence-corrected chi connectivity index (χ2v) is 5.97. The van der Waals surface area contributed by atoms with Crippen molar-refractivity contribution in [3.8, 4) is 0 Å². The summed E-state index contributed by atoms with van der Waals surface area (Å²) in [6, 6.07) is -1.96. The lowest BCUT2D eigenvalue weighted by Crippen LogP contribution is -2.42. The van der Waals surface area contributed by atoms with Crippen LogP contribution in [-0.4, -0.2) is 36.0 Å². The topological polar surface area (TPSA) is 163 Å². The molecule has 0 aliphatic carbocycles. The minimum Gasteiger partial charge on any atom is -0.446 e. The molecule has 0 rings (SSSR count). The van der Waals surface area contributed by atoms with Crippen LogP contribution in [0.3, 0.4) is 0 Å². The Balaban J connectivity index is 4.68. The first-order valence-corrected chi connectivity index (χ1v) is 8.74. The first-order valence-electron chi connectivity index (χ1n) is 8.74. The second-order valence-electron chi connectivity index (χ2n) is 5.97. The molecule has 0 aromatic rings. The fourth-order valence-corrected chi connectivity index (χ4v) is 2.64. The van der Waals surface area contributed by atoms with Crippen LogP contribution in [0, 0.1) is 0 Å². The third kappa shape index (κ3) is 9.70. The molecule has 0 fully saturated rings. The van der Waals surface area contributed by atoms with Gasteiger partial charge in [-0.05, 0) is 38.5 Å². The summed E-state index contributed by atoms with van der Waals surface area (Å²) in [6.07, 6.45) is 2.03. The Hall–Kier alpha value is -2.52. The number of imide groups is 2. The third-order valence-electron chi connectivity index (χ3n) is 4.09. The number of ether oxygens (including phenoxy) is 2. The van der Waals surface area contributed by atoms with Crippen molar-refractivity contribution < 1.29 is 28.7 Å². The maximum atomic E-state index is 11.7. The van der Waals surface area contributed by atoms with Gasteiger partial charge >= 0.3 is 24.2 Å². The number of amides is 6. The molecule has 0 saturated carbocycles. The first kappa shape index (κ1) is 23.5. The fourth-order valence-electron chi connectivity index (χ4n) is 2.64. The maximum absolute atomic E-state index is 11.7. The van der Waals surface area contributed by atoms with Crippen LogP contribution in [0.4, 0.5) is 19.2 Å². The van der Waals surface area contributed by atoms with E-state index in [2.05, 4.69) is 0 Å². The lowest BCUT2D eigenvalue weighted by molar-refractivity contribution is -0.00468. The van der Waals surface area contributed by atoms with Crippen LogP contribution in [0.5, 0.6) is 0 Å². The fraction of sp³-hybridized carbons (Fsp3) is 0.750. The molecule has 1 atom stereocenters. The van der Waals surface area contributed by atoms with Crippen molar-refractivity contribution in [3.63, 3.8) is 0 Å². The summed E-state index contributed by atoms with van der Waals surface area (Å²) in [4.78, 5) is 44.6. The molecule has 0 bridgehead atoms. The average Bonchev–Trinajstić information content (AvgIpc) is 2.52. The van der Waals surface area contributed by atoms with Crippen LogP contribution in [0.25, 0.3) is 0 Å². The Morgan fingerprint density at radius 3 is 1.92 bits per heavy atom. The van der Waals surface area contributed by atoms with Gasteiger partial charge in [-0.15, -0.1) is 0 Å². The number of hydrogen-bond donors (Lipinski definition) is 4. The number of nitrogens with one attached hydrogen (secondary N) is 2. The van der Waals surface area contributed by atoms with E-state index in [-0.39, 0.29) is 6.10 Å². The Kier molecular flexibility index (Phi) is 10.8. The van der Waals surface area contributed by atoms with Crippen molar-refractivity contribution in [2.75, 3.05) is 0 Å². The van der Waals surface area contributed by atoms with E-state index in [4.69, 9.17) is 20.9 Å². The van der Waals surface area contributed by atoms with Gasteiger partial charge in [-0.25, -0.2) is 29.8 Å². The number of rotatable bonds is 10. The van der Waals surface area contributed by atoms with Gasteiger partial charge in [0.2, 0.25) is 0 Å². The van der Waals surface area contributed by atoms with Crippen molar-refractivity contribution in [1.82, 2.24) is 10.6 Å². The average molecular weight is 374 g/mol. The highest BCUT2D eigenvalue weighted by Crippen LogP contribution is 2.28. The maximum Gasteiger partial charge on any atom is 0.415 e. The van der Waals surface area contributed by atoms with E-state index >= 15 is 0 Å². The van der Waals surface area contributed by atoms with Gasteiger partial charge < -0.3 is 20.9 Å². The lowest BCUT2D eigenvalue weighted by Gasteiger charge is -2.32. The first-order chi connectivity index (χ1) is 12.2. The molecule has 0 heterocycles. The predicted molar refractivity (Wildman–Crippen MR) is 94.3 cm³/mol. The summed E-state index contributed by atoms with van der Waals surface area (Å²) in [5, 5.41) is 3.75. The number of nitrogens with two attached hydrogens (primary N) is 2. The van der Waals surface area contributed by atoms with Crippen molar-refractivity contribution in [2.24, 2.45) is 11.5 Å². The standard InChI is InChI=1S/C16H30N4O6/c1-4-8-11(25-14(23)19-12(17)21)9-7-10-16(5-2,6-3)26-15(24)20-13(18)22/h11H,4-10H2,1-3H3,(H3,17,19,21,23)(H3,18,20,22,24). The zero-order valence-corrected chi connectivity index (χ0v) is 15.6.